The number of hydrogen-bond acceptors (Lipinski definition) is 7. The van der Waals surface area contributed by atoms with Gasteiger partial charge in [0.25, 0.3) is 0 Å². The summed E-state index contributed by atoms with van der Waals surface area (Å²) in [5.74, 6) is 0.291. The van der Waals surface area contributed by atoms with Gasteiger partial charge in [0, 0.05) is 24.3 Å². The molecule has 1 aromatic heterocycles. The molecule has 2 heterocycles. The fourth-order valence-corrected chi connectivity index (χ4v) is 4.49. The first kappa shape index (κ1) is 24.5. The van der Waals surface area contributed by atoms with Crippen molar-refractivity contribution in [2.75, 3.05) is 23.3 Å². The van der Waals surface area contributed by atoms with Crippen LogP contribution in [0.2, 0.25) is 0 Å². The number of ether oxygens (including phenoxy) is 1. The van der Waals surface area contributed by atoms with Crippen LogP contribution in [-0.2, 0) is 4.74 Å². The second-order valence-corrected chi connectivity index (χ2v) is 10.2. The number of esters is 1. The first-order chi connectivity index (χ1) is 16.7. The molecule has 4 rings (SSSR count). The molecule has 35 heavy (non-hydrogen) atoms. The SMILES string of the molecule is Cc1cc(C(C)Nc2ccccc2C(=O)OC(C)(C)C)c2nc(N3CCCCC3)c(C#N)nc2c1. The largest absolute Gasteiger partial charge is 0.456 e. The second-order valence-electron chi connectivity index (χ2n) is 10.2. The van der Waals surface area contributed by atoms with E-state index < -0.39 is 5.60 Å². The van der Waals surface area contributed by atoms with Gasteiger partial charge >= 0.3 is 5.97 Å². The molecule has 1 fully saturated rings. The van der Waals surface area contributed by atoms with Crippen molar-refractivity contribution in [3.63, 3.8) is 0 Å². The molecule has 0 saturated carbocycles. The lowest BCUT2D eigenvalue weighted by Gasteiger charge is -2.28. The van der Waals surface area contributed by atoms with Crippen LogP contribution in [0.1, 0.15) is 80.2 Å². The van der Waals surface area contributed by atoms with Gasteiger partial charge in [-0.05, 0) is 77.6 Å². The topological polar surface area (TPSA) is 91.1 Å². The Balaban J connectivity index is 1.73. The standard InChI is InChI=1S/C28H33N5O2/c1-18-15-21(19(2)30-22-12-8-7-11-20(22)27(34)35-28(3,4)5)25-23(16-18)31-24(17-29)26(32-25)33-13-9-6-10-14-33/h7-8,11-12,15-16,19,30H,6,9-10,13-14H2,1-5H3. The van der Waals surface area contributed by atoms with E-state index in [9.17, 15) is 10.1 Å². The van der Waals surface area contributed by atoms with Crippen molar-refractivity contribution in [3.8, 4) is 6.07 Å². The predicted molar refractivity (Wildman–Crippen MR) is 139 cm³/mol. The summed E-state index contributed by atoms with van der Waals surface area (Å²) in [6.07, 6.45) is 3.37. The van der Waals surface area contributed by atoms with Crippen molar-refractivity contribution in [2.24, 2.45) is 0 Å². The van der Waals surface area contributed by atoms with Crippen molar-refractivity contribution in [3.05, 3.63) is 58.8 Å². The maximum absolute atomic E-state index is 12.8. The molecular weight excluding hydrogens is 438 g/mol. The van der Waals surface area contributed by atoms with Gasteiger partial charge in [0.2, 0.25) is 0 Å². The Kier molecular flexibility index (Phi) is 6.93. The smallest absolute Gasteiger partial charge is 0.340 e. The Hall–Kier alpha value is -3.66. The lowest BCUT2D eigenvalue weighted by atomic mass is 10.0. The number of fused-ring (bicyclic) bond motifs is 1. The van der Waals surface area contributed by atoms with Crippen molar-refractivity contribution in [2.45, 2.75) is 65.5 Å². The highest BCUT2D eigenvalue weighted by atomic mass is 16.6. The van der Waals surface area contributed by atoms with Crippen LogP contribution in [0.3, 0.4) is 0 Å². The highest BCUT2D eigenvalue weighted by Gasteiger charge is 2.23. The number of rotatable bonds is 5. The molecule has 182 valence electrons. The number of piperidine rings is 1. The summed E-state index contributed by atoms with van der Waals surface area (Å²) in [4.78, 5) is 24.7. The van der Waals surface area contributed by atoms with Gasteiger partial charge in [-0.3, -0.25) is 0 Å². The number of hydrogen-bond donors (Lipinski definition) is 1. The summed E-state index contributed by atoms with van der Waals surface area (Å²) in [6, 6.07) is 13.5. The Morgan fingerprint density at radius 3 is 2.54 bits per heavy atom. The number of para-hydroxylation sites is 1. The minimum Gasteiger partial charge on any atom is -0.456 e. The third kappa shape index (κ3) is 5.54. The van der Waals surface area contributed by atoms with E-state index in [1.165, 1.54) is 6.42 Å². The van der Waals surface area contributed by atoms with Crippen molar-refractivity contribution in [1.29, 1.82) is 5.26 Å². The first-order valence-corrected chi connectivity index (χ1v) is 12.2. The molecule has 0 aliphatic carbocycles. The summed E-state index contributed by atoms with van der Waals surface area (Å²) >= 11 is 0. The third-order valence-electron chi connectivity index (χ3n) is 6.07. The number of aryl methyl sites for hydroxylation is 1. The molecule has 2 aromatic carbocycles. The fourth-order valence-electron chi connectivity index (χ4n) is 4.49. The molecule has 7 heteroatoms. The van der Waals surface area contributed by atoms with E-state index >= 15 is 0 Å². The van der Waals surface area contributed by atoms with E-state index in [0.717, 1.165) is 42.6 Å². The molecule has 0 bridgehead atoms. The van der Waals surface area contributed by atoms with Gasteiger partial charge in [0.1, 0.15) is 11.7 Å². The molecule has 0 radical (unpaired) electrons. The van der Waals surface area contributed by atoms with Crippen molar-refractivity contribution in [1.82, 2.24) is 9.97 Å². The van der Waals surface area contributed by atoms with Crippen molar-refractivity contribution < 1.29 is 9.53 Å². The van der Waals surface area contributed by atoms with Crippen molar-refractivity contribution >= 4 is 28.5 Å². The summed E-state index contributed by atoms with van der Waals surface area (Å²) in [5, 5.41) is 13.3. The minimum atomic E-state index is -0.582. The summed E-state index contributed by atoms with van der Waals surface area (Å²) in [7, 11) is 0. The van der Waals surface area contributed by atoms with Gasteiger partial charge < -0.3 is 15.0 Å². The van der Waals surface area contributed by atoms with Crippen LogP contribution < -0.4 is 10.2 Å². The van der Waals surface area contributed by atoms with Gasteiger partial charge in [-0.25, -0.2) is 14.8 Å². The van der Waals surface area contributed by atoms with Crippen LogP contribution in [-0.4, -0.2) is 34.6 Å². The van der Waals surface area contributed by atoms with Crippen LogP contribution in [0, 0.1) is 18.3 Å². The minimum absolute atomic E-state index is 0.169. The van der Waals surface area contributed by atoms with E-state index in [4.69, 9.17) is 14.7 Å². The number of nitrogens with zero attached hydrogens (tertiary/aromatic N) is 4. The molecule has 3 aromatic rings. The lowest BCUT2D eigenvalue weighted by Crippen LogP contribution is -2.31. The molecule has 1 aliphatic heterocycles. The number of anilines is 2. The molecule has 1 saturated heterocycles. The van der Waals surface area contributed by atoms with Gasteiger partial charge in [-0.1, -0.05) is 18.2 Å². The maximum Gasteiger partial charge on any atom is 0.340 e. The van der Waals surface area contributed by atoms with E-state index in [1.807, 2.05) is 58.9 Å². The molecule has 1 atom stereocenters. The van der Waals surface area contributed by atoms with Crippen LogP contribution in [0.25, 0.3) is 11.0 Å². The van der Waals surface area contributed by atoms with Crippen LogP contribution >= 0.6 is 0 Å². The Morgan fingerprint density at radius 2 is 1.86 bits per heavy atom. The zero-order chi connectivity index (χ0) is 25.2. The lowest BCUT2D eigenvalue weighted by molar-refractivity contribution is 0.00706. The number of carbonyl (C=O) groups excluding carboxylic acids is 1. The zero-order valence-corrected chi connectivity index (χ0v) is 21.2. The number of aromatic nitrogens is 2. The van der Waals surface area contributed by atoms with E-state index in [-0.39, 0.29) is 12.0 Å². The van der Waals surface area contributed by atoms with E-state index in [0.29, 0.717) is 28.3 Å². The normalized spacial score (nSPS) is 14.9. The quantitative estimate of drug-likeness (QED) is 0.461. The highest BCUT2D eigenvalue weighted by Crippen LogP contribution is 2.31. The van der Waals surface area contributed by atoms with E-state index in [1.54, 1.807) is 6.07 Å². The van der Waals surface area contributed by atoms with Crippen LogP contribution in [0.4, 0.5) is 11.5 Å². The number of nitriles is 1. The number of carbonyl (C=O) groups is 1. The molecule has 0 amide bonds. The third-order valence-corrected chi connectivity index (χ3v) is 6.07. The fraction of sp³-hybridized carbons (Fsp3) is 0.429. The second kappa shape index (κ2) is 9.91. The summed E-state index contributed by atoms with van der Waals surface area (Å²) in [5.41, 5.74) is 4.43. The monoisotopic (exact) mass is 471 g/mol. The Labute approximate surface area is 207 Å². The average Bonchev–Trinajstić information content (AvgIpc) is 2.82. The van der Waals surface area contributed by atoms with E-state index in [2.05, 4.69) is 22.4 Å². The van der Waals surface area contributed by atoms with Gasteiger partial charge in [-0.15, -0.1) is 0 Å². The highest BCUT2D eigenvalue weighted by molar-refractivity contribution is 5.96. The molecule has 1 N–H and O–H groups in total. The maximum atomic E-state index is 12.8. The zero-order valence-electron chi connectivity index (χ0n) is 21.2. The van der Waals surface area contributed by atoms with Crippen LogP contribution in [0.15, 0.2) is 36.4 Å². The van der Waals surface area contributed by atoms with Gasteiger partial charge in [0.05, 0.1) is 22.6 Å². The van der Waals surface area contributed by atoms with Gasteiger partial charge in [-0.2, -0.15) is 5.26 Å². The molecular formula is C28H33N5O2. The molecule has 7 nitrogen and oxygen atoms in total. The average molecular weight is 472 g/mol. The van der Waals surface area contributed by atoms with Gasteiger partial charge in [0.15, 0.2) is 11.5 Å². The first-order valence-electron chi connectivity index (χ1n) is 12.2. The molecule has 1 unspecified atom stereocenters. The molecule has 1 aliphatic rings. The number of benzene rings is 2. The number of nitrogens with one attached hydrogen (secondary N) is 1. The summed E-state index contributed by atoms with van der Waals surface area (Å²) in [6.45, 7) is 11.4. The molecule has 0 spiro atoms. The predicted octanol–water partition coefficient (Wildman–Crippen LogP) is 5.93. The summed E-state index contributed by atoms with van der Waals surface area (Å²) < 4.78 is 5.61. The Morgan fingerprint density at radius 1 is 1.14 bits per heavy atom. The Bertz CT molecular complexity index is 1280. The van der Waals surface area contributed by atoms with Crippen LogP contribution in [0.5, 0.6) is 0 Å².